The molecule has 19 heavy (non-hydrogen) atoms. The fraction of sp³-hybridized carbons (Fsp3) is 0.286. The Balaban J connectivity index is 2.20. The zero-order valence-corrected chi connectivity index (χ0v) is 14.4. The molecule has 1 aromatic heterocycles. The molecular weight excluding hydrogens is 393 g/mol. The van der Waals surface area contributed by atoms with Crippen LogP contribution in [-0.2, 0) is 6.42 Å². The first-order chi connectivity index (χ1) is 9.10. The van der Waals surface area contributed by atoms with E-state index in [4.69, 9.17) is 0 Å². The van der Waals surface area contributed by atoms with Gasteiger partial charge in [0.2, 0.25) is 0 Å². The number of rotatable bonds is 5. The van der Waals surface area contributed by atoms with Gasteiger partial charge in [-0.3, -0.25) is 0 Å². The normalized spacial score (nSPS) is 12.6. The van der Waals surface area contributed by atoms with Crippen LogP contribution in [-0.4, -0.2) is 6.54 Å². The van der Waals surface area contributed by atoms with Gasteiger partial charge in [-0.1, -0.05) is 19.1 Å². The highest BCUT2D eigenvalue weighted by Gasteiger charge is 2.15. The number of thiophene rings is 1. The number of hydrogen-bond donors (Lipinski definition) is 1. The van der Waals surface area contributed by atoms with Crippen LogP contribution in [0.25, 0.3) is 0 Å². The fourth-order valence-corrected chi connectivity index (χ4v) is 4.12. The molecule has 0 bridgehead atoms. The standard InChI is InChI=1S/C14H14Br2FNS/c1-2-18-12(13-8-11(15)14(16)19-13)7-9-4-3-5-10(17)6-9/h3-6,8,12,18H,2,7H2,1H3. The Hall–Kier alpha value is -0.230. The summed E-state index contributed by atoms with van der Waals surface area (Å²) in [6.45, 7) is 2.96. The largest absolute Gasteiger partial charge is 0.309 e. The summed E-state index contributed by atoms with van der Waals surface area (Å²) in [7, 11) is 0. The summed E-state index contributed by atoms with van der Waals surface area (Å²) >= 11 is 8.72. The molecule has 102 valence electrons. The first-order valence-corrected chi connectivity index (χ1v) is 8.43. The molecule has 1 nitrogen and oxygen atoms in total. The first kappa shape index (κ1) is 15.2. The smallest absolute Gasteiger partial charge is 0.123 e. The molecule has 0 amide bonds. The molecule has 1 heterocycles. The summed E-state index contributed by atoms with van der Waals surface area (Å²) in [5.74, 6) is -0.179. The highest BCUT2D eigenvalue weighted by Crippen LogP contribution is 2.36. The Labute approximate surface area is 133 Å². The average molecular weight is 407 g/mol. The monoisotopic (exact) mass is 405 g/mol. The van der Waals surface area contributed by atoms with Gasteiger partial charge in [0.15, 0.2) is 0 Å². The molecule has 0 saturated carbocycles. The Morgan fingerprint density at radius 2 is 2.11 bits per heavy atom. The number of halogens is 3. The van der Waals surface area contributed by atoms with Crippen LogP contribution in [0.5, 0.6) is 0 Å². The maximum absolute atomic E-state index is 13.2. The molecule has 1 unspecified atom stereocenters. The van der Waals surface area contributed by atoms with Crippen molar-refractivity contribution in [3.8, 4) is 0 Å². The van der Waals surface area contributed by atoms with E-state index in [2.05, 4.69) is 50.2 Å². The third-order valence-electron chi connectivity index (χ3n) is 2.79. The second-order valence-corrected chi connectivity index (χ2v) is 7.47. The minimum atomic E-state index is -0.179. The van der Waals surface area contributed by atoms with Gasteiger partial charge in [0.1, 0.15) is 5.82 Å². The third-order valence-corrected chi connectivity index (χ3v) is 6.16. The van der Waals surface area contributed by atoms with Crippen LogP contribution in [0.1, 0.15) is 23.4 Å². The van der Waals surface area contributed by atoms with E-state index in [1.165, 1.54) is 10.9 Å². The van der Waals surface area contributed by atoms with Crippen LogP contribution >= 0.6 is 43.2 Å². The lowest BCUT2D eigenvalue weighted by atomic mass is 10.0. The molecule has 2 aromatic rings. The molecular formula is C14H14Br2FNS. The van der Waals surface area contributed by atoms with Crippen molar-refractivity contribution in [2.75, 3.05) is 6.54 Å². The highest BCUT2D eigenvalue weighted by atomic mass is 79.9. The zero-order chi connectivity index (χ0) is 13.8. The Morgan fingerprint density at radius 1 is 1.32 bits per heavy atom. The maximum atomic E-state index is 13.2. The van der Waals surface area contributed by atoms with E-state index in [9.17, 15) is 4.39 Å². The van der Waals surface area contributed by atoms with Crippen LogP contribution in [0.3, 0.4) is 0 Å². The molecule has 0 fully saturated rings. The summed E-state index contributed by atoms with van der Waals surface area (Å²) in [5.41, 5.74) is 1.01. The molecule has 0 aliphatic carbocycles. The predicted molar refractivity (Wildman–Crippen MR) is 86.2 cm³/mol. The molecule has 0 spiro atoms. The summed E-state index contributed by atoms with van der Waals surface area (Å²) in [4.78, 5) is 1.24. The second kappa shape index (κ2) is 6.97. The number of nitrogens with one attached hydrogen (secondary N) is 1. The molecule has 0 saturated heterocycles. The highest BCUT2D eigenvalue weighted by molar-refractivity contribution is 9.13. The summed E-state index contributed by atoms with van der Waals surface area (Å²) in [6.07, 6.45) is 0.783. The van der Waals surface area contributed by atoms with Gasteiger partial charge in [-0.25, -0.2) is 4.39 Å². The van der Waals surface area contributed by atoms with E-state index in [-0.39, 0.29) is 11.9 Å². The Bertz CT molecular complexity index is 537. The Morgan fingerprint density at radius 3 is 2.68 bits per heavy atom. The molecule has 1 N–H and O–H groups in total. The van der Waals surface area contributed by atoms with Gasteiger partial charge in [-0.15, -0.1) is 11.3 Å². The van der Waals surface area contributed by atoms with Crippen molar-refractivity contribution in [2.24, 2.45) is 0 Å². The third kappa shape index (κ3) is 4.12. The zero-order valence-electron chi connectivity index (χ0n) is 10.4. The van der Waals surface area contributed by atoms with Gasteiger partial charge in [-0.05, 0) is 68.6 Å². The van der Waals surface area contributed by atoms with Crippen molar-refractivity contribution in [3.05, 3.63) is 54.8 Å². The minimum absolute atomic E-state index is 0.179. The Kier molecular flexibility index (Phi) is 5.57. The summed E-state index contributed by atoms with van der Waals surface area (Å²) < 4.78 is 15.4. The molecule has 1 aromatic carbocycles. The summed E-state index contributed by atoms with van der Waals surface area (Å²) in [5, 5.41) is 3.45. The fourth-order valence-electron chi connectivity index (χ4n) is 1.95. The maximum Gasteiger partial charge on any atom is 0.123 e. The van der Waals surface area contributed by atoms with E-state index in [1.54, 1.807) is 23.5 Å². The van der Waals surface area contributed by atoms with Crippen molar-refractivity contribution < 1.29 is 4.39 Å². The quantitative estimate of drug-likeness (QED) is 0.709. The van der Waals surface area contributed by atoms with Gasteiger partial charge in [-0.2, -0.15) is 0 Å². The lowest BCUT2D eigenvalue weighted by Crippen LogP contribution is -2.22. The van der Waals surface area contributed by atoms with Gasteiger partial charge in [0.25, 0.3) is 0 Å². The molecule has 0 aliphatic heterocycles. The lowest BCUT2D eigenvalue weighted by molar-refractivity contribution is 0.554. The second-order valence-electron chi connectivity index (χ2n) is 4.21. The molecule has 5 heteroatoms. The van der Waals surface area contributed by atoms with Crippen molar-refractivity contribution in [3.63, 3.8) is 0 Å². The van der Waals surface area contributed by atoms with E-state index in [0.717, 1.165) is 26.8 Å². The molecule has 0 radical (unpaired) electrons. The van der Waals surface area contributed by atoms with Crippen molar-refractivity contribution >= 4 is 43.2 Å². The SMILES string of the molecule is CCNC(Cc1cccc(F)c1)c1cc(Br)c(Br)s1. The van der Waals surface area contributed by atoms with E-state index in [0.29, 0.717) is 0 Å². The molecule has 2 rings (SSSR count). The van der Waals surface area contributed by atoms with Crippen LogP contribution in [0, 0.1) is 5.82 Å². The molecule has 0 aliphatic rings. The van der Waals surface area contributed by atoms with Gasteiger partial charge in [0.05, 0.1) is 3.79 Å². The number of benzene rings is 1. The van der Waals surface area contributed by atoms with Crippen LogP contribution < -0.4 is 5.32 Å². The first-order valence-electron chi connectivity index (χ1n) is 6.02. The number of likely N-dealkylation sites (N-methyl/N-ethyl adjacent to an activating group) is 1. The van der Waals surface area contributed by atoms with Crippen molar-refractivity contribution in [2.45, 2.75) is 19.4 Å². The predicted octanol–water partition coefficient (Wildman–Crippen LogP) is 5.31. The van der Waals surface area contributed by atoms with Crippen molar-refractivity contribution in [1.82, 2.24) is 5.32 Å². The van der Waals surface area contributed by atoms with Crippen LogP contribution in [0.4, 0.5) is 4.39 Å². The van der Waals surface area contributed by atoms with Crippen LogP contribution in [0.2, 0.25) is 0 Å². The van der Waals surface area contributed by atoms with Gasteiger partial charge in [0, 0.05) is 15.4 Å². The summed E-state index contributed by atoms with van der Waals surface area (Å²) in [6, 6.07) is 9.12. The van der Waals surface area contributed by atoms with Gasteiger partial charge >= 0.3 is 0 Å². The van der Waals surface area contributed by atoms with E-state index in [1.807, 2.05) is 6.07 Å². The average Bonchev–Trinajstić information content (AvgIpc) is 2.69. The minimum Gasteiger partial charge on any atom is -0.309 e. The van der Waals surface area contributed by atoms with Crippen LogP contribution in [0.15, 0.2) is 38.6 Å². The van der Waals surface area contributed by atoms with Crippen molar-refractivity contribution in [1.29, 1.82) is 0 Å². The topological polar surface area (TPSA) is 12.0 Å². The van der Waals surface area contributed by atoms with E-state index >= 15 is 0 Å². The lowest BCUT2D eigenvalue weighted by Gasteiger charge is -2.16. The number of hydrogen-bond acceptors (Lipinski definition) is 2. The van der Waals surface area contributed by atoms with Gasteiger partial charge < -0.3 is 5.32 Å². The van der Waals surface area contributed by atoms with E-state index < -0.39 is 0 Å². The molecule has 1 atom stereocenters.